The Labute approximate surface area is 234 Å². The van der Waals surface area contributed by atoms with Crippen molar-refractivity contribution in [2.75, 3.05) is 56.7 Å². The third kappa shape index (κ3) is 5.64. The van der Waals surface area contributed by atoms with Crippen LogP contribution < -0.4 is 15.5 Å². The highest BCUT2D eigenvalue weighted by atomic mass is 16.5. The minimum Gasteiger partial charge on any atom is -0.378 e. The zero-order valence-electron chi connectivity index (χ0n) is 23.1. The fourth-order valence-corrected chi connectivity index (χ4v) is 5.49. The molecule has 0 atom stereocenters. The Morgan fingerprint density at radius 3 is 2.40 bits per heavy atom. The second-order valence-corrected chi connectivity index (χ2v) is 10.6. The first-order valence-electron chi connectivity index (χ1n) is 14.0. The van der Waals surface area contributed by atoms with Gasteiger partial charge in [-0.3, -0.25) is 4.90 Å². The summed E-state index contributed by atoms with van der Waals surface area (Å²) in [4.78, 5) is 26.6. The van der Waals surface area contributed by atoms with Crippen LogP contribution in [0.4, 0.5) is 16.3 Å². The number of likely N-dealkylation sites (tertiary alicyclic amines) is 1. The summed E-state index contributed by atoms with van der Waals surface area (Å²) in [6, 6.07) is 16.5. The van der Waals surface area contributed by atoms with Crippen molar-refractivity contribution in [2.45, 2.75) is 32.4 Å². The van der Waals surface area contributed by atoms with Gasteiger partial charge >= 0.3 is 6.03 Å². The van der Waals surface area contributed by atoms with E-state index in [9.17, 15) is 4.79 Å². The second-order valence-electron chi connectivity index (χ2n) is 10.6. The number of nitrogens with one attached hydrogen (secondary N) is 2. The number of fused-ring (bicyclic) bond motifs is 1. The summed E-state index contributed by atoms with van der Waals surface area (Å²) in [5, 5.41) is 11.2. The molecule has 2 fully saturated rings. The highest BCUT2D eigenvalue weighted by Crippen LogP contribution is 2.32. The van der Waals surface area contributed by atoms with Crippen LogP contribution in [0.3, 0.4) is 0 Å². The fraction of sp³-hybridized carbons (Fsp3) is 0.400. The number of anilines is 2. The molecule has 10 nitrogen and oxygen atoms in total. The van der Waals surface area contributed by atoms with Crippen LogP contribution in [0.25, 0.3) is 22.4 Å². The molecule has 2 amide bonds. The van der Waals surface area contributed by atoms with Crippen LogP contribution in [0.2, 0.25) is 0 Å². The van der Waals surface area contributed by atoms with Crippen molar-refractivity contribution in [3.8, 4) is 11.4 Å². The van der Waals surface area contributed by atoms with Crippen molar-refractivity contribution in [1.29, 1.82) is 0 Å². The zero-order valence-corrected chi connectivity index (χ0v) is 23.1. The van der Waals surface area contributed by atoms with Crippen LogP contribution in [0.5, 0.6) is 0 Å². The number of hydrogen-bond acceptors (Lipinski definition) is 7. The maximum Gasteiger partial charge on any atom is 0.318 e. The number of rotatable bonds is 6. The number of amides is 2. The SMILES string of the molecule is CNC(=O)Nc1ccc(-c2nc(N3CCOCC3)c3cnn(C4CCN(Cc5ccc(C)cc5)CC4)c3n2)cc1. The summed E-state index contributed by atoms with van der Waals surface area (Å²) in [7, 11) is 1.59. The molecule has 2 aliphatic heterocycles. The number of carbonyl (C=O) groups is 1. The normalized spacial score (nSPS) is 16.8. The lowest BCUT2D eigenvalue weighted by Gasteiger charge is -2.32. The van der Waals surface area contributed by atoms with Gasteiger partial charge in [-0.2, -0.15) is 5.10 Å². The number of aromatic nitrogens is 4. The molecule has 2 aliphatic rings. The van der Waals surface area contributed by atoms with Gasteiger partial charge in [0.05, 0.1) is 30.8 Å². The quantitative estimate of drug-likeness (QED) is 0.378. The Bertz CT molecular complexity index is 1450. The number of ether oxygens (including phenoxy) is 1. The van der Waals surface area contributed by atoms with E-state index in [-0.39, 0.29) is 12.1 Å². The van der Waals surface area contributed by atoms with E-state index < -0.39 is 0 Å². The fourth-order valence-electron chi connectivity index (χ4n) is 5.49. The summed E-state index contributed by atoms with van der Waals surface area (Å²) in [6.45, 7) is 8.06. The van der Waals surface area contributed by atoms with Crippen LogP contribution in [0.15, 0.2) is 54.7 Å². The van der Waals surface area contributed by atoms with Gasteiger partial charge < -0.3 is 20.3 Å². The van der Waals surface area contributed by atoms with Gasteiger partial charge in [-0.05, 0) is 49.6 Å². The average molecular weight is 541 g/mol. The number of hydrogen-bond donors (Lipinski definition) is 2. The Hall–Kier alpha value is -4.02. The van der Waals surface area contributed by atoms with E-state index in [2.05, 4.69) is 56.3 Å². The van der Waals surface area contributed by atoms with E-state index in [4.69, 9.17) is 19.8 Å². The Kier molecular flexibility index (Phi) is 7.61. The summed E-state index contributed by atoms with van der Waals surface area (Å²) >= 11 is 0. The average Bonchev–Trinajstić information content (AvgIpc) is 3.43. The molecule has 40 heavy (non-hydrogen) atoms. The molecular weight excluding hydrogens is 504 g/mol. The van der Waals surface area contributed by atoms with E-state index in [0.29, 0.717) is 24.7 Å². The Morgan fingerprint density at radius 1 is 0.975 bits per heavy atom. The monoisotopic (exact) mass is 540 g/mol. The third-order valence-corrected chi connectivity index (χ3v) is 7.80. The predicted octanol–water partition coefficient (Wildman–Crippen LogP) is 4.23. The first-order valence-corrected chi connectivity index (χ1v) is 14.0. The van der Waals surface area contributed by atoms with Gasteiger partial charge in [-0.25, -0.2) is 19.4 Å². The number of benzene rings is 2. The van der Waals surface area contributed by atoms with Crippen LogP contribution in [0, 0.1) is 6.92 Å². The largest absolute Gasteiger partial charge is 0.378 e. The molecule has 2 N–H and O–H groups in total. The highest BCUT2D eigenvalue weighted by Gasteiger charge is 2.26. The third-order valence-electron chi connectivity index (χ3n) is 7.80. The van der Waals surface area contributed by atoms with Crippen molar-refractivity contribution in [3.63, 3.8) is 0 Å². The van der Waals surface area contributed by atoms with E-state index in [1.54, 1.807) is 7.05 Å². The summed E-state index contributed by atoms with van der Waals surface area (Å²) in [5.41, 5.74) is 5.12. The molecule has 10 heteroatoms. The maximum atomic E-state index is 11.7. The van der Waals surface area contributed by atoms with Crippen molar-refractivity contribution in [1.82, 2.24) is 30.0 Å². The van der Waals surface area contributed by atoms with Gasteiger partial charge in [-0.1, -0.05) is 29.8 Å². The summed E-state index contributed by atoms with van der Waals surface area (Å²) < 4.78 is 7.73. The first kappa shape index (κ1) is 26.2. The molecule has 208 valence electrons. The van der Waals surface area contributed by atoms with Crippen LogP contribution >= 0.6 is 0 Å². The van der Waals surface area contributed by atoms with E-state index >= 15 is 0 Å². The molecule has 4 aromatic rings. The molecule has 0 unspecified atom stereocenters. The van der Waals surface area contributed by atoms with E-state index in [1.165, 1.54) is 11.1 Å². The lowest BCUT2D eigenvalue weighted by atomic mass is 10.0. The lowest BCUT2D eigenvalue weighted by molar-refractivity contribution is 0.122. The maximum absolute atomic E-state index is 11.7. The first-order chi connectivity index (χ1) is 19.6. The van der Waals surface area contributed by atoms with Gasteiger partial charge in [0.15, 0.2) is 11.5 Å². The number of aryl methyl sites for hydroxylation is 1. The number of piperidine rings is 1. The van der Waals surface area contributed by atoms with Gasteiger partial charge in [0.2, 0.25) is 0 Å². The second kappa shape index (κ2) is 11.6. The van der Waals surface area contributed by atoms with Gasteiger partial charge in [-0.15, -0.1) is 0 Å². The molecule has 4 heterocycles. The zero-order chi connectivity index (χ0) is 27.5. The lowest BCUT2D eigenvalue weighted by Crippen LogP contribution is -2.37. The van der Waals surface area contributed by atoms with Crippen LogP contribution in [-0.2, 0) is 11.3 Å². The number of nitrogens with zero attached hydrogens (tertiary/aromatic N) is 6. The molecule has 6 rings (SSSR count). The molecule has 0 aliphatic carbocycles. The van der Waals surface area contributed by atoms with Crippen LogP contribution in [-0.4, -0.2) is 77.1 Å². The molecular formula is C30H36N8O2. The predicted molar refractivity (Wildman–Crippen MR) is 157 cm³/mol. The van der Waals surface area contributed by atoms with Crippen molar-refractivity contribution in [2.24, 2.45) is 0 Å². The minimum atomic E-state index is -0.256. The smallest absolute Gasteiger partial charge is 0.318 e. The van der Waals surface area contributed by atoms with Crippen molar-refractivity contribution >= 4 is 28.6 Å². The summed E-state index contributed by atoms with van der Waals surface area (Å²) in [6.07, 6.45) is 3.97. The van der Waals surface area contributed by atoms with Crippen molar-refractivity contribution < 1.29 is 9.53 Å². The number of carbonyl (C=O) groups excluding carboxylic acids is 1. The topological polar surface area (TPSA) is 100 Å². The minimum absolute atomic E-state index is 0.256. The van der Waals surface area contributed by atoms with E-state index in [1.807, 2.05) is 30.5 Å². The van der Waals surface area contributed by atoms with Gasteiger partial charge in [0.1, 0.15) is 5.82 Å². The molecule has 2 saturated heterocycles. The van der Waals surface area contributed by atoms with Gasteiger partial charge in [0, 0.05) is 51.0 Å². The molecule has 2 aromatic heterocycles. The standard InChI is InChI=1S/C30H36N8O2/c1-21-3-5-22(6-4-21)20-36-13-11-25(12-14-36)38-29-26(19-32-38)28(37-15-17-40-18-16-37)34-27(35-29)23-7-9-24(10-8-23)33-30(39)31-2/h3-10,19,25H,11-18,20H2,1-2H3,(H2,31,33,39). The number of morpholine rings is 1. The molecule has 0 saturated carbocycles. The molecule has 2 aromatic carbocycles. The highest BCUT2D eigenvalue weighted by molar-refractivity contribution is 5.90. The number of urea groups is 1. The molecule has 0 radical (unpaired) electrons. The van der Waals surface area contributed by atoms with Crippen molar-refractivity contribution in [3.05, 3.63) is 65.9 Å². The Morgan fingerprint density at radius 2 is 1.70 bits per heavy atom. The van der Waals surface area contributed by atoms with E-state index in [0.717, 1.165) is 68.0 Å². The summed E-state index contributed by atoms with van der Waals surface area (Å²) in [5.74, 6) is 1.55. The van der Waals surface area contributed by atoms with Gasteiger partial charge in [0.25, 0.3) is 0 Å². The molecule has 0 spiro atoms. The Balaban J connectivity index is 1.27. The molecule has 0 bridgehead atoms. The van der Waals surface area contributed by atoms with Crippen LogP contribution in [0.1, 0.15) is 30.0 Å².